The Morgan fingerprint density at radius 1 is 1.37 bits per heavy atom. The summed E-state index contributed by atoms with van der Waals surface area (Å²) in [5.74, 6) is -2.42. The number of halogens is 2. The highest BCUT2D eigenvalue weighted by molar-refractivity contribution is 7.99. The molecule has 3 nitrogen and oxygen atoms in total. The molecular weight excluding hydrogens is 270 g/mol. The van der Waals surface area contributed by atoms with Crippen molar-refractivity contribution in [2.45, 2.75) is 29.5 Å². The van der Waals surface area contributed by atoms with Crippen molar-refractivity contribution in [3.63, 3.8) is 0 Å². The van der Waals surface area contributed by atoms with Gasteiger partial charge in [0.1, 0.15) is 0 Å². The van der Waals surface area contributed by atoms with Gasteiger partial charge >= 0.3 is 0 Å². The van der Waals surface area contributed by atoms with Crippen LogP contribution in [-0.4, -0.2) is 32.1 Å². The number of thioether (sulfide) groups is 1. The highest BCUT2D eigenvalue weighted by atomic mass is 32.2. The molecule has 108 valence electrons. The van der Waals surface area contributed by atoms with E-state index in [1.54, 1.807) is 25.3 Å². The molecule has 0 radical (unpaired) electrons. The van der Waals surface area contributed by atoms with Crippen LogP contribution in [0.25, 0.3) is 0 Å². The lowest BCUT2D eigenvalue weighted by atomic mass is 10.1. The first-order valence-electron chi connectivity index (χ1n) is 6.16. The maximum Gasteiger partial charge on any atom is 0.288 e. The fourth-order valence-electron chi connectivity index (χ4n) is 1.77. The quantitative estimate of drug-likeness (QED) is 0.686. The van der Waals surface area contributed by atoms with Crippen molar-refractivity contribution >= 4 is 17.4 Å². The van der Waals surface area contributed by atoms with E-state index < -0.39 is 5.76 Å². The number of anilines is 1. The minimum absolute atomic E-state index is 0.0768. The Hall–Kier alpha value is -0.850. The predicted octanol–water partition coefficient (Wildman–Crippen LogP) is 3.17. The van der Waals surface area contributed by atoms with Gasteiger partial charge in [-0.1, -0.05) is 23.9 Å². The predicted molar refractivity (Wildman–Crippen MR) is 75.9 cm³/mol. The second kappa shape index (κ2) is 9.12. The van der Waals surface area contributed by atoms with Gasteiger partial charge in [-0.25, -0.2) is 0 Å². The zero-order valence-corrected chi connectivity index (χ0v) is 11.8. The summed E-state index contributed by atoms with van der Waals surface area (Å²) in [5, 5.41) is 3.25. The molecular formula is C13H20F2N2OS. The van der Waals surface area contributed by atoms with E-state index in [-0.39, 0.29) is 6.04 Å². The molecule has 0 fully saturated rings. The summed E-state index contributed by atoms with van der Waals surface area (Å²) in [6.07, 6.45) is 1.71. The Morgan fingerprint density at radius 2 is 2.11 bits per heavy atom. The van der Waals surface area contributed by atoms with Crippen molar-refractivity contribution in [2.75, 3.05) is 25.6 Å². The third kappa shape index (κ3) is 6.22. The second-order valence-electron chi connectivity index (χ2n) is 4.10. The molecule has 0 heterocycles. The van der Waals surface area contributed by atoms with Crippen molar-refractivity contribution in [3.05, 3.63) is 24.3 Å². The van der Waals surface area contributed by atoms with E-state index in [1.165, 1.54) is 0 Å². The molecule has 0 aromatic heterocycles. The van der Waals surface area contributed by atoms with Crippen LogP contribution >= 0.6 is 11.8 Å². The summed E-state index contributed by atoms with van der Waals surface area (Å²) in [6, 6.07) is 7.14. The van der Waals surface area contributed by atoms with Gasteiger partial charge in [0.25, 0.3) is 5.76 Å². The number of methoxy groups -OCH3 is 1. The molecule has 1 aromatic carbocycles. The SMILES string of the molecule is COCC(CCCN)Nc1ccccc1SC(F)F. The molecule has 1 atom stereocenters. The van der Waals surface area contributed by atoms with Gasteiger partial charge in [-0.2, -0.15) is 8.78 Å². The Kier molecular flexibility index (Phi) is 7.78. The molecule has 1 rings (SSSR count). The van der Waals surface area contributed by atoms with Gasteiger partial charge in [0.05, 0.1) is 6.61 Å². The number of rotatable bonds is 9. The monoisotopic (exact) mass is 290 g/mol. The largest absolute Gasteiger partial charge is 0.383 e. The van der Waals surface area contributed by atoms with Gasteiger partial charge in [0, 0.05) is 23.7 Å². The number of para-hydroxylation sites is 1. The summed E-state index contributed by atoms with van der Waals surface area (Å²) in [6.45, 7) is 1.13. The molecule has 3 N–H and O–H groups in total. The third-order valence-corrected chi connectivity index (χ3v) is 3.38. The molecule has 19 heavy (non-hydrogen) atoms. The van der Waals surface area contributed by atoms with Crippen LogP contribution in [0.1, 0.15) is 12.8 Å². The molecule has 0 aliphatic rings. The van der Waals surface area contributed by atoms with E-state index in [0.29, 0.717) is 35.5 Å². The van der Waals surface area contributed by atoms with E-state index >= 15 is 0 Å². The number of alkyl halides is 2. The number of hydrogen-bond acceptors (Lipinski definition) is 4. The molecule has 0 bridgehead atoms. The third-order valence-electron chi connectivity index (χ3n) is 2.59. The van der Waals surface area contributed by atoms with Crippen LogP contribution in [0, 0.1) is 0 Å². The van der Waals surface area contributed by atoms with Crippen molar-refractivity contribution in [2.24, 2.45) is 5.73 Å². The van der Waals surface area contributed by atoms with E-state index in [0.717, 1.165) is 12.8 Å². The number of benzene rings is 1. The van der Waals surface area contributed by atoms with E-state index in [1.807, 2.05) is 6.07 Å². The molecule has 0 saturated carbocycles. The molecule has 0 amide bonds. The summed E-state index contributed by atoms with van der Waals surface area (Å²) >= 11 is 0.548. The van der Waals surface area contributed by atoms with Crippen LogP contribution in [-0.2, 0) is 4.74 Å². The molecule has 0 saturated heterocycles. The number of nitrogens with one attached hydrogen (secondary N) is 1. The standard InChI is InChI=1S/C13H20F2N2OS/c1-18-9-10(5-4-8-16)17-11-6-2-3-7-12(11)19-13(14)15/h2-3,6-7,10,13,17H,4-5,8-9,16H2,1H3. The van der Waals surface area contributed by atoms with Gasteiger partial charge < -0.3 is 15.8 Å². The van der Waals surface area contributed by atoms with Crippen molar-refractivity contribution in [3.8, 4) is 0 Å². The molecule has 1 aromatic rings. The van der Waals surface area contributed by atoms with Crippen LogP contribution in [0.5, 0.6) is 0 Å². The summed E-state index contributed by atoms with van der Waals surface area (Å²) in [5.41, 5.74) is 6.20. The van der Waals surface area contributed by atoms with Gasteiger partial charge in [0.2, 0.25) is 0 Å². The fraction of sp³-hybridized carbons (Fsp3) is 0.538. The topological polar surface area (TPSA) is 47.3 Å². The van der Waals surface area contributed by atoms with Crippen LogP contribution in [0.3, 0.4) is 0 Å². The number of nitrogens with two attached hydrogens (primary N) is 1. The zero-order chi connectivity index (χ0) is 14.1. The minimum atomic E-state index is -2.42. The Balaban J connectivity index is 2.71. The molecule has 1 unspecified atom stereocenters. The second-order valence-corrected chi connectivity index (χ2v) is 5.13. The van der Waals surface area contributed by atoms with Gasteiger partial charge in [0.15, 0.2) is 0 Å². The number of ether oxygens (including phenoxy) is 1. The lowest BCUT2D eigenvalue weighted by Gasteiger charge is -2.20. The van der Waals surface area contributed by atoms with Crippen molar-refractivity contribution in [1.29, 1.82) is 0 Å². The Bertz CT molecular complexity index is 366. The lowest BCUT2D eigenvalue weighted by molar-refractivity contribution is 0.182. The maximum atomic E-state index is 12.5. The molecule has 0 aliphatic carbocycles. The lowest BCUT2D eigenvalue weighted by Crippen LogP contribution is -2.26. The summed E-state index contributed by atoms with van der Waals surface area (Å²) < 4.78 is 30.1. The van der Waals surface area contributed by atoms with Gasteiger partial charge in [-0.15, -0.1) is 0 Å². The van der Waals surface area contributed by atoms with E-state index in [2.05, 4.69) is 5.32 Å². The first-order valence-corrected chi connectivity index (χ1v) is 7.04. The molecule has 6 heteroatoms. The number of hydrogen-bond donors (Lipinski definition) is 2. The summed E-state index contributed by atoms with van der Waals surface area (Å²) in [7, 11) is 1.62. The van der Waals surface area contributed by atoms with Gasteiger partial charge in [-0.05, 0) is 31.5 Å². The first-order chi connectivity index (χ1) is 9.17. The maximum absolute atomic E-state index is 12.5. The first kappa shape index (κ1) is 16.2. The minimum Gasteiger partial charge on any atom is -0.383 e. The average Bonchev–Trinajstić information content (AvgIpc) is 2.38. The van der Waals surface area contributed by atoms with Crippen LogP contribution in [0.15, 0.2) is 29.2 Å². The highest BCUT2D eigenvalue weighted by Crippen LogP contribution is 2.32. The smallest absolute Gasteiger partial charge is 0.288 e. The van der Waals surface area contributed by atoms with Crippen molar-refractivity contribution < 1.29 is 13.5 Å². The summed E-state index contributed by atoms with van der Waals surface area (Å²) in [4.78, 5) is 0.548. The normalized spacial score (nSPS) is 12.7. The fourth-order valence-corrected chi connectivity index (χ4v) is 2.37. The van der Waals surface area contributed by atoms with Crippen LogP contribution in [0.4, 0.5) is 14.5 Å². The van der Waals surface area contributed by atoms with Gasteiger partial charge in [-0.3, -0.25) is 0 Å². The van der Waals surface area contributed by atoms with E-state index in [4.69, 9.17) is 10.5 Å². The van der Waals surface area contributed by atoms with E-state index in [9.17, 15) is 8.78 Å². The van der Waals surface area contributed by atoms with Crippen molar-refractivity contribution in [1.82, 2.24) is 0 Å². The van der Waals surface area contributed by atoms with Crippen LogP contribution in [0.2, 0.25) is 0 Å². The molecule has 0 aliphatic heterocycles. The highest BCUT2D eigenvalue weighted by Gasteiger charge is 2.13. The van der Waals surface area contributed by atoms with Crippen LogP contribution < -0.4 is 11.1 Å². The molecule has 0 spiro atoms. The Labute approximate surface area is 116 Å². The Morgan fingerprint density at radius 3 is 2.74 bits per heavy atom. The zero-order valence-electron chi connectivity index (χ0n) is 10.9. The average molecular weight is 290 g/mol.